The SMILES string of the molecule is Cc1ccc2c(Oc3ccc(OCCN4CCCCC4)cc3)c(-c3ccc(Br)cc3)sc2c1. The smallest absolute Gasteiger partial charge is 0.153 e. The van der Waals surface area contributed by atoms with Gasteiger partial charge in [-0.05, 0) is 92.5 Å². The van der Waals surface area contributed by atoms with Gasteiger partial charge in [-0.15, -0.1) is 11.3 Å². The first kappa shape index (κ1) is 22.5. The van der Waals surface area contributed by atoms with Crippen molar-refractivity contribution in [3.8, 4) is 27.7 Å². The van der Waals surface area contributed by atoms with Gasteiger partial charge in [-0.25, -0.2) is 0 Å². The zero-order valence-electron chi connectivity index (χ0n) is 18.9. The van der Waals surface area contributed by atoms with Crippen molar-refractivity contribution in [1.82, 2.24) is 4.90 Å². The minimum atomic E-state index is 0.725. The molecule has 0 aliphatic carbocycles. The largest absolute Gasteiger partial charge is 0.492 e. The molecule has 0 amide bonds. The molecule has 0 saturated carbocycles. The average molecular weight is 523 g/mol. The normalized spacial score (nSPS) is 14.5. The molecule has 0 radical (unpaired) electrons. The van der Waals surface area contributed by atoms with Crippen LogP contribution in [-0.2, 0) is 0 Å². The first-order valence-corrected chi connectivity index (χ1v) is 13.2. The minimum absolute atomic E-state index is 0.725. The Morgan fingerprint density at radius 1 is 0.879 bits per heavy atom. The van der Waals surface area contributed by atoms with Gasteiger partial charge < -0.3 is 9.47 Å². The van der Waals surface area contributed by atoms with Crippen LogP contribution in [0.5, 0.6) is 17.2 Å². The first-order chi connectivity index (χ1) is 16.2. The lowest BCUT2D eigenvalue weighted by atomic mass is 10.1. The Morgan fingerprint density at radius 3 is 2.36 bits per heavy atom. The summed E-state index contributed by atoms with van der Waals surface area (Å²) in [5, 5.41) is 1.14. The van der Waals surface area contributed by atoms with E-state index in [-0.39, 0.29) is 0 Å². The fraction of sp³-hybridized carbons (Fsp3) is 0.286. The molecule has 1 aliphatic heterocycles. The Balaban J connectivity index is 1.33. The Kier molecular flexibility index (Phi) is 7.00. The molecule has 5 heteroatoms. The molecule has 1 aliphatic rings. The second-order valence-corrected chi connectivity index (χ2v) is 10.6. The number of piperidine rings is 1. The number of nitrogens with zero attached hydrogens (tertiary/aromatic N) is 1. The van der Waals surface area contributed by atoms with E-state index in [1.54, 1.807) is 11.3 Å². The number of hydrogen-bond acceptors (Lipinski definition) is 4. The summed E-state index contributed by atoms with van der Waals surface area (Å²) in [6.45, 7) is 6.25. The number of fused-ring (bicyclic) bond motifs is 1. The molecule has 3 aromatic carbocycles. The third kappa shape index (κ3) is 5.43. The molecule has 3 nitrogen and oxygen atoms in total. The van der Waals surface area contributed by atoms with Crippen LogP contribution in [0.2, 0.25) is 0 Å². The van der Waals surface area contributed by atoms with E-state index in [2.05, 4.69) is 70.2 Å². The maximum atomic E-state index is 6.48. The Bertz CT molecular complexity index is 1210. The van der Waals surface area contributed by atoms with Gasteiger partial charge in [-0.1, -0.05) is 40.5 Å². The second-order valence-electron chi connectivity index (χ2n) is 8.59. The maximum absolute atomic E-state index is 6.48. The van der Waals surface area contributed by atoms with E-state index in [9.17, 15) is 0 Å². The van der Waals surface area contributed by atoms with E-state index in [0.29, 0.717) is 0 Å². The number of halogens is 1. The molecule has 1 aromatic heterocycles. The summed E-state index contributed by atoms with van der Waals surface area (Å²) in [6.07, 6.45) is 3.98. The van der Waals surface area contributed by atoms with Crippen molar-refractivity contribution in [1.29, 1.82) is 0 Å². The number of ether oxygens (including phenoxy) is 2. The van der Waals surface area contributed by atoms with Crippen LogP contribution in [0, 0.1) is 6.92 Å². The summed E-state index contributed by atoms with van der Waals surface area (Å²) in [5.74, 6) is 2.62. The van der Waals surface area contributed by atoms with Gasteiger partial charge in [0.15, 0.2) is 5.75 Å². The van der Waals surface area contributed by atoms with Crippen LogP contribution in [-0.4, -0.2) is 31.1 Å². The summed E-state index contributed by atoms with van der Waals surface area (Å²) in [5.41, 5.74) is 2.41. The van der Waals surface area contributed by atoms with Crippen LogP contribution >= 0.6 is 27.3 Å². The highest BCUT2D eigenvalue weighted by Gasteiger charge is 2.17. The van der Waals surface area contributed by atoms with Crippen molar-refractivity contribution in [2.24, 2.45) is 0 Å². The van der Waals surface area contributed by atoms with Gasteiger partial charge in [-0.3, -0.25) is 4.90 Å². The maximum Gasteiger partial charge on any atom is 0.153 e. The van der Waals surface area contributed by atoms with Crippen molar-refractivity contribution in [3.63, 3.8) is 0 Å². The molecule has 0 N–H and O–H groups in total. The Labute approximate surface area is 208 Å². The molecule has 1 fully saturated rings. The van der Waals surface area contributed by atoms with Crippen LogP contribution in [0.25, 0.3) is 20.5 Å². The van der Waals surface area contributed by atoms with Crippen LogP contribution in [0.3, 0.4) is 0 Å². The molecule has 0 spiro atoms. The highest BCUT2D eigenvalue weighted by atomic mass is 79.9. The molecule has 170 valence electrons. The van der Waals surface area contributed by atoms with Gasteiger partial charge in [0.05, 0.1) is 4.88 Å². The van der Waals surface area contributed by atoms with E-state index in [1.807, 2.05) is 24.3 Å². The molecular weight excluding hydrogens is 494 g/mol. The van der Waals surface area contributed by atoms with Gasteiger partial charge in [0.2, 0.25) is 0 Å². The molecule has 5 rings (SSSR count). The molecule has 0 unspecified atom stereocenters. The molecule has 33 heavy (non-hydrogen) atoms. The summed E-state index contributed by atoms with van der Waals surface area (Å²) in [6, 6.07) is 23.0. The third-order valence-corrected chi connectivity index (χ3v) is 7.79. The highest BCUT2D eigenvalue weighted by Crippen LogP contribution is 2.46. The number of rotatable bonds is 7. The molecule has 0 atom stereocenters. The Morgan fingerprint density at radius 2 is 1.61 bits per heavy atom. The summed E-state index contributed by atoms with van der Waals surface area (Å²) < 4.78 is 14.8. The molecule has 1 saturated heterocycles. The molecule has 4 aromatic rings. The zero-order valence-corrected chi connectivity index (χ0v) is 21.3. The van der Waals surface area contributed by atoms with Gasteiger partial charge in [-0.2, -0.15) is 0 Å². The fourth-order valence-electron chi connectivity index (χ4n) is 4.27. The average Bonchev–Trinajstić information content (AvgIpc) is 3.18. The van der Waals surface area contributed by atoms with Gasteiger partial charge >= 0.3 is 0 Å². The van der Waals surface area contributed by atoms with E-state index in [0.717, 1.165) is 50.7 Å². The number of benzene rings is 3. The summed E-state index contributed by atoms with van der Waals surface area (Å²) in [7, 11) is 0. The van der Waals surface area contributed by atoms with Gasteiger partial charge in [0, 0.05) is 21.1 Å². The Hall–Kier alpha value is -2.34. The van der Waals surface area contributed by atoms with Crippen molar-refractivity contribution >= 4 is 37.4 Å². The van der Waals surface area contributed by atoms with E-state index in [4.69, 9.17) is 9.47 Å². The van der Waals surface area contributed by atoms with Crippen molar-refractivity contribution in [3.05, 3.63) is 76.8 Å². The monoisotopic (exact) mass is 521 g/mol. The predicted molar refractivity (Wildman–Crippen MR) is 142 cm³/mol. The lowest BCUT2D eigenvalue weighted by Gasteiger charge is -2.26. The van der Waals surface area contributed by atoms with Gasteiger partial charge in [0.1, 0.15) is 18.1 Å². The van der Waals surface area contributed by atoms with E-state index >= 15 is 0 Å². The van der Waals surface area contributed by atoms with Crippen LogP contribution < -0.4 is 9.47 Å². The quantitative estimate of drug-likeness (QED) is 0.244. The lowest BCUT2D eigenvalue weighted by molar-refractivity contribution is 0.183. The van der Waals surface area contributed by atoms with E-state index < -0.39 is 0 Å². The fourth-order valence-corrected chi connectivity index (χ4v) is 5.77. The molecular formula is C28H28BrNO2S. The molecule has 2 heterocycles. The molecule has 0 bridgehead atoms. The second kappa shape index (κ2) is 10.3. The third-order valence-electron chi connectivity index (χ3n) is 6.07. The van der Waals surface area contributed by atoms with E-state index in [1.165, 1.54) is 42.6 Å². The number of thiophene rings is 1. The summed E-state index contributed by atoms with van der Waals surface area (Å²) >= 11 is 5.31. The number of aryl methyl sites for hydroxylation is 1. The summed E-state index contributed by atoms with van der Waals surface area (Å²) in [4.78, 5) is 3.64. The topological polar surface area (TPSA) is 21.7 Å². The lowest BCUT2D eigenvalue weighted by Crippen LogP contribution is -2.33. The van der Waals surface area contributed by atoms with Crippen molar-refractivity contribution < 1.29 is 9.47 Å². The minimum Gasteiger partial charge on any atom is -0.492 e. The predicted octanol–water partition coefficient (Wildman–Crippen LogP) is 8.30. The van der Waals surface area contributed by atoms with Crippen LogP contribution in [0.1, 0.15) is 24.8 Å². The number of likely N-dealkylation sites (tertiary alicyclic amines) is 1. The zero-order chi connectivity index (χ0) is 22.6. The van der Waals surface area contributed by atoms with Crippen molar-refractivity contribution in [2.75, 3.05) is 26.2 Å². The van der Waals surface area contributed by atoms with Crippen LogP contribution in [0.4, 0.5) is 0 Å². The first-order valence-electron chi connectivity index (χ1n) is 11.6. The highest BCUT2D eigenvalue weighted by molar-refractivity contribution is 9.10. The standard InChI is InChI=1S/C28H28BrNO2S/c1-20-5-14-25-26(19-20)33-28(21-6-8-22(29)9-7-21)27(25)32-24-12-10-23(11-13-24)31-18-17-30-15-3-2-4-16-30/h5-14,19H,2-4,15-18H2,1H3. The van der Waals surface area contributed by atoms with Crippen molar-refractivity contribution in [2.45, 2.75) is 26.2 Å². The van der Waals surface area contributed by atoms with Crippen LogP contribution in [0.15, 0.2) is 71.2 Å². The number of hydrogen-bond donors (Lipinski definition) is 0. The van der Waals surface area contributed by atoms with Gasteiger partial charge in [0.25, 0.3) is 0 Å².